The summed E-state index contributed by atoms with van der Waals surface area (Å²) in [4.78, 5) is 15.8. The van der Waals surface area contributed by atoms with Gasteiger partial charge in [0.15, 0.2) is 5.82 Å². The van der Waals surface area contributed by atoms with Crippen LogP contribution >= 0.6 is 0 Å². The third-order valence-corrected chi connectivity index (χ3v) is 4.82. The summed E-state index contributed by atoms with van der Waals surface area (Å²) in [5, 5.41) is 0. The van der Waals surface area contributed by atoms with Crippen LogP contribution in [-0.2, 0) is 25.7 Å². The second-order valence-electron chi connectivity index (χ2n) is 6.97. The Morgan fingerprint density at radius 1 is 1.04 bits per heavy atom. The molecule has 0 saturated carbocycles. The number of hydrogen-bond acceptors (Lipinski definition) is 4. The van der Waals surface area contributed by atoms with Gasteiger partial charge < -0.3 is 0 Å². The zero-order valence-corrected chi connectivity index (χ0v) is 15.4. The number of aromatic nitrogens is 3. The lowest BCUT2D eigenvalue weighted by molar-refractivity contribution is -0.137. The maximum Gasteiger partial charge on any atom is 0.416 e. The molecule has 0 unspecified atom stereocenters. The van der Waals surface area contributed by atoms with Gasteiger partial charge in [-0.2, -0.15) is 13.2 Å². The van der Waals surface area contributed by atoms with Crippen molar-refractivity contribution in [3.05, 3.63) is 76.9 Å². The Hall–Kier alpha value is -2.80. The molecule has 28 heavy (non-hydrogen) atoms. The van der Waals surface area contributed by atoms with Crippen LogP contribution in [0.3, 0.4) is 0 Å². The maximum atomic E-state index is 12.7. The summed E-state index contributed by atoms with van der Waals surface area (Å²) in [6, 6.07) is 11.0. The molecule has 1 aromatic carbocycles. The van der Waals surface area contributed by atoms with Gasteiger partial charge in [-0.15, -0.1) is 0 Å². The highest BCUT2D eigenvalue weighted by molar-refractivity contribution is 5.56. The summed E-state index contributed by atoms with van der Waals surface area (Å²) in [6.07, 6.45) is -1.78. The minimum atomic E-state index is -4.34. The molecule has 0 fully saturated rings. The van der Waals surface area contributed by atoms with Gasteiger partial charge in [0.05, 0.1) is 17.0 Å². The summed E-state index contributed by atoms with van der Waals surface area (Å²) < 4.78 is 38.2. The molecule has 1 aliphatic heterocycles. The highest BCUT2D eigenvalue weighted by Crippen LogP contribution is 2.30. The number of pyridine rings is 1. The Bertz CT molecular complexity index is 984. The van der Waals surface area contributed by atoms with Gasteiger partial charge in [-0.1, -0.05) is 18.2 Å². The van der Waals surface area contributed by atoms with E-state index in [9.17, 15) is 13.2 Å². The third kappa shape index (κ3) is 4.04. The van der Waals surface area contributed by atoms with Gasteiger partial charge in [-0.3, -0.25) is 9.88 Å². The highest BCUT2D eigenvalue weighted by atomic mass is 19.4. The van der Waals surface area contributed by atoms with E-state index in [1.165, 1.54) is 12.1 Å². The molecule has 0 bridgehead atoms. The maximum absolute atomic E-state index is 12.7. The Morgan fingerprint density at radius 2 is 1.82 bits per heavy atom. The van der Waals surface area contributed by atoms with Crippen LogP contribution in [0.5, 0.6) is 0 Å². The molecule has 3 aromatic rings. The predicted octanol–water partition coefficient (Wildman–Crippen LogP) is 4.42. The minimum absolute atomic E-state index is 0.460. The van der Waals surface area contributed by atoms with Gasteiger partial charge in [-0.25, -0.2) is 9.97 Å². The minimum Gasteiger partial charge on any atom is -0.293 e. The van der Waals surface area contributed by atoms with Gasteiger partial charge in [0.1, 0.15) is 0 Å². The van der Waals surface area contributed by atoms with Crippen molar-refractivity contribution in [2.24, 2.45) is 0 Å². The molecule has 0 radical (unpaired) electrons. The number of alkyl halides is 3. The van der Waals surface area contributed by atoms with Gasteiger partial charge >= 0.3 is 6.18 Å². The summed E-state index contributed by atoms with van der Waals surface area (Å²) in [6.45, 7) is 4.33. The van der Waals surface area contributed by atoms with E-state index in [2.05, 4.69) is 19.9 Å². The van der Waals surface area contributed by atoms with Crippen LogP contribution in [0.1, 0.15) is 28.2 Å². The number of fused-ring (bicyclic) bond motifs is 1. The molecule has 4 rings (SSSR count). The summed E-state index contributed by atoms with van der Waals surface area (Å²) in [7, 11) is 0. The lowest BCUT2D eigenvalue weighted by atomic mass is 10.1. The topological polar surface area (TPSA) is 41.9 Å². The summed E-state index contributed by atoms with van der Waals surface area (Å²) in [5.41, 5.74) is 3.95. The zero-order valence-electron chi connectivity index (χ0n) is 15.4. The van der Waals surface area contributed by atoms with Gasteiger partial charge in [-0.05, 0) is 31.2 Å². The number of aryl methyl sites for hydroxylation is 1. The molecule has 7 heteroatoms. The quantitative estimate of drug-likeness (QED) is 0.670. The second-order valence-corrected chi connectivity index (χ2v) is 6.97. The van der Waals surface area contributed by atoms with Crippen molar-refractivity contribution in [3.8, 4) is 11.4 Å². The first-order valence-electron chi connectivity index (χ1n) is 9.06. The van der Waals surface area contributed by atoms with Gasteiger partial charge in [0.2, 0.25) is 0 Å². The highest BCUT2D eigenvalue weighted by Gasteiger charge is 2.30. The van der Waals surface area contributed by atoms with Crippen molar-refractivity contribution >= 4 is 0 Å². The Kier molecular flexibility index (Phi) is 4.85. The van der Waals surface area contributed by atoms with E-state index in [0.717, 1.165) is 60.8 Å². The summed E-state index contributed by atoms with van der Waals surface area (Å²) >= 11 is 0. The fourth-order valence-electron chi connectivity index (χ4n) is 3.37. The van der Waals surface area contributed by atoms with Crippen LogP contribution in [0.15, 0.2) is 48.7 Å². The van der Waals surface area contributed by atoms with Crippen LogP contribution < -0.4 is 0 Å². The van der Waals surface area contributed by atoms with Crippen molar-refractivity contribution in [1.82, 2.24) is 19.9 Å². The molecular formula is C21H19F3N4. The van der Waals surface area contributed by atoms with Crippen LogP contribution in [0.25, 0.3) is 11.4 Å². The van der Waals surface area contributed by atoms with Crippen molar-refractivity contribution in [1.29, 1.82) is 0 Å². The van der Waals surface area contributed by atoms with E-state index < -0.39 is 11.7 Å². The average molecular weight is 384 g/mol. The van der Waals surface area contributed by atoms with Crippen molar-refractivity contribution in [3.63, 3.8) is 0 Å². The second kappa shape index (κ2) is 7.31. The van der Waals surface area contributed by atoms with Crippen molar-refractivity contribution < 1.29 is 13.2 Å². The zero-order chi connectivity index (χ0) is 19.7. The van der Waals surface area contributed by atoms with E-state index >= 15 is 0 Å². The van der Waals surface area contributed by atoms with Gasteiger partial charge in [0, 0.05) is 49.1 Å². The molecule has 3 heterocycles. The van der Waals surface area contributed by atoms with Crippen LogP contribution in [0.4, 0.5) is 13.2 Å². The molecule has 1 aliphatic rings. The fraction of sp³-hybridized carbons (Fsp3) is 0.286. The predicted molar refractivity (Wildman–Crippen MR) is 99.3 cm³/mol. The van der Waals surface area contributed by atoms with Crippen LogP contribution in [0, 0.1) is 6.92 Å². The van der Waals surface area contributed by atoms with Crippen molar-refractivity contribution in [2.45, 2.75) is 32.6 Å². The number of halogens is 3. The molecule has 0 spiro atoms. The van der Waals surface area contributed by atoms with E-state index in [4.69, 9.17) is 0 Å². The Morgan fingerprint density at radius 3 is 2.54 bits per heavy atom. The Balaban J connectivity index is 1.49. The standard InChI is InChI=1S/C21H19F3N4/c1-14-3-2-4-18(26-14)13-28-10-9-19-16(12-28)11-25-20(27-19)15-5-7-17(8-6-15)21(22,23)24/h2-8,11H,9-10,12-13H2,1H3. The SMILES string of the molecule is Cc1cccc(CN2CCc3nc(-c4ccc(C(F)(F)F)cc4)ncc3C2)n1. The molecule has 144 valence electrons. The number of nitrogens with zero attached hydrogens (tertiary/aromatic N) is 4. The summed E-state index contributed by atoms with van der Waals surface area (Å²) in [5.74, 6) is 0.460. The smallest absolute Gasteiger partial charge is 0.293 e. The molecular weight excluding hydrogens is 365 g/mol. The third-order valence-electron chi connectivity index (χ3n) is 4.82. The molecule has 0 aliphatic carbocycles. The number of benzene rings is 1. The number of hydrogen-bond donors (Lipinski definition) is 0. The first kappa shape index (κ1) is 18.6. The molecule has 2 aromatic heterocycles. The fourth-order valence-corrected chi connectivity index (χ4v) is 3.37. The largest absolute Gasteiger partial charge is 0.416 e. The first-order chi connectivity index (χ1) is 13.4. The van der Waals surface area contributed by atoms with Crippen LogP contribution in [-0.4, -0.2) is 26.4 Å². The monoisotopic (exact) mass is 384 g/mol. The van der Waals surface area contributed by atoms with Crippen molar-refractivity contribution in [2.75, 3.05) is 6.54 Å². The first-order valence-corrected chi connectivity index (χ1v) is 9.06. The lowest BCUT2D eigenvalue weighted by Crippen LogP contribution is -2.31. The molecule has 0 saturated heterocycles. The molecule has 0 atom stereocenters. The van der Waals surface area contributed by atoms with Gasteiger partial charge in [0.25, 0.3) is 0 Å². The lowest BCUT2D eigenvalue weighted by Gasteiger charge is -2.27. The van der Waals surface area contributed by atoms with E-state index in [1.54, 1.807) is 6.20 Å². The Labute approximate surface area is 161 Å². The average Bonchev–Trinajstić information content (AvgIpc) is 2.67. The normalized spacial score (nSPS) is 14.7. The molecule has 0 amide bonds. The van der Waals surface area contributed by atoms with E-state index in [0.29, 0.717) is 11.4 Å². The molecule has 4 nitrogen and oxygen atoms in total. The van der Waals surface area contributed by atoms with E-state index in [1.807, 2.05) is 25.1 Å². The van der Waals surface area contributed by atoms with Crippen LogP contribution in [0.2, 0.25) is 0 Å². The number of rotatable bonds is 3. The molecule has 0 N–H and O–H groups in total. The van der Waals surface area contributed by atoms with E-state index in [-0.39, 0.29) is 0 Å².